The molecule has 0 N–H and O–H groups in total. The third-order valence-corrected chi connectivity index (χ3v) is 8.03. The largest absolute Gasteiger partial charge is 0.493 e. The highest BCUT2D eigenvalue weighted by atomic mass is 32.1. The van der Waals surface area contributed by atoms with Crippen molar-refractivity contribution in [2.75, 3.05) is 27.1 Å². The molecule has 0 bridgehead atoms. The Morgan fingerprint density at radius 1 is 1.07 bits per heavy atom. The molecule has 3 aromatic carbocycles. The molecule has 2 aliphatic heterocycles. The Labute approximate surface area is 251 Å². The highest BCUT2D eigenvalue weighted by Gasteiger charge is 2.37. The predicted octanol–water partition coefficient (Wildman–Crippen LogP) is 4.46. The van der Waals surface area contributed by atoms with Gasteiger partial charge in [-0.3, -0.25) is 9.36 Å². The van der Waals surface area contributed by atoms with E-state index in [2.05, 4.69) is 0 Å². The number of thiazole rings is 1. The summed E-state index contributed by atoms with van der Waals surface area (Å²) in [6, 6.07) is 19.5. The van der Waals surface area contributed by atoms with Gasteiger partial charge in [0, 0.05) is 11.1 Å². The second-order valence-electron chi connectivity index (χ2n) is 9.77. The van der Waals surface area contributed by atoms with Crippen molar-refractivity contribution in [1.29, 1.82) is 0 Å². The van der Waals surface area contributed by atoms with Crippen molar-refractivity contribution in [1.82, 2.24) is 4.57 Å². The molecule has 4 aromatic rings. The Bertz CT molecular complexity index is 1890. The third kappa shape index (κ3) is 5.30. The first-order valence-electron chi connectivity index (χ1n) is 14.0. The summed E-state index contributed by atoms with van der Waals surface area (Å²) in [4.78, 5) is 33.4. The van der Waals surface area contributed by atoms with Crippen molar-refractivity contribution in [2.45, 2.75) is 26.3 Å². The Morgan fingerprint density at radius 2 is 1.88 bits per heavy atom. The van der Waals surface area contributed by atoms with Crippen LogP contribution in [0, 0.1) is 0 Å². The van der Waals surface area contributed by atoms with E-state index in [0.29, 0.717) is 50.2 Å². The Morgan fingerprint density at radius 3 is 2.65 bits per heavy atom. The number of carbonyl (C=O) groups is 1. The number of fused-ring (bicyclic) bond motifs is 2. The van der Waals surface area contributed by atoms with Gasteiger partial charge in [-0.15, -0.1) is 0 Å². The van der Waals surface area contributed by atoms with E-state index >= 15 is 0 Å². The first-order valence-corrected chi connectivity index (χ1v) is 14.8. The number of hydrogen-bond donors (Lipinski definition) is 0. The van der Waals surface area contributed by atoms with Crippen molar-refractivity contribution in [3.63, 3.8) is 0 Å². The quantitative estimate of drug-likeness (QED) is 0.263. The standard InChI is InChI=1S/C33H30N2O7S/c1-4-16-40-30-22(12-9-13-24(30)38-3)29-27(32(37)39-5-2)28(21-10-7-6-8-11-21)34-33-35(29)31(36)26(43-33)18-20-14-15-23-25(17-20)42-19-41-23/h6-15,17-18,29H,4-5,16,19H2,1-3H3/b26-18-. The van der Waals surface area contributed by atoms with Gasteiger partial charge in [-0.25, -0.2) is 9.79 Å². The normalized spacial score (nSPS) is 15.6. The summed E-state index contributed by atoms with van der Waals surface area (Å²) in [6.07, 6.45) is 2.55. The lowest BCUT2D eigenvalue weighted by Crippen LogP contribution is -2.40. The number of rotatable bonds is 9. The van der Waals surface area contributed by atoms with E-state index < -0.39 is 12.0 Å². The summed E-state index contributed by atoms with van der Waals surface area (Å²) in [5.41, 5.74) is 2.46. The number of methoxy groups -OCH3 is 1. The molecule has 0 saturated heterocycles. The summed E-state index contributed by atoms with van der Waals surface area (Å²) < 4.78 is 30.4. The monoisotopic (exact) mass is 598 g/mol. The van der Waals surface area contributed by atoms with Gasteiger partial charge >= 0.3 is 5.97 Å². The first kappa shape index (κ1) is 28.3. The Balaban J connectivity index is 1.65. The van der Waals surface area contributed by atoms with Crippen LogP contribution in [0.15, 0.2) is 82.1 Å². The molecule has 0 radical (unpaired) electrons. The zero-order valence-corrected chi connectivity index (χ0v) is 24.8. The summed E-state index contributed by atoms with van der Waals surface area (Å²) in [6.45, 7) is 4.48. The van der Waals surface area contributed by atoms with Gasteiger partial charge in [0.1, 0.15) is 6.04 Å². The second-order valence-corrected chi connectivity index (χ2v) is 10.8. The number of esters is 1. The Hall–Kier alpha value is -4.83. The van der Waals surface area contributed by atoms with Gasteiger partial charge in [-0.05, 0) is 43.2 Å². The topological polar surface area (TPSA) is 97.6 Å². The van der Waals surface area contributed by atoms with Crippen molar-refractivity contribution in [3.05, 3.63) is 109 Å². The molecule has 0 amide bonds. The van der Waals surface area contributed by atoms with Crippen LogP contribution in [-0.2, 0) is 9.53 Å². The maximum absolute atomic E-state index is 14.3. The fourth-order valence-corrected chi connectivity index (χ4v) is 6.16. The summed E-state index contributed by atoms with van der Waals surface area (Å²) in [7, 11) is 1.56. The summed E-state index contributed by atoms with van der Waals surface area (Å²) in [5, 5.41) is 0. The second kappa shape index (κ2) is 12.2. The molecule has 6 rings (SSSR count). The number of ether oxygens (including phenoxy) is 5. The third-order valence-electron chi connectivity index (χ3n) is 7.04. The molecule has 1 atom stereocenters. The molecule has 220 valence electrons. The van der Waals surface area contributed by atoms with Crippen LogP contribution in [-0.4, -0.2) is 37.7 Å². The molecule has 10 heteroatoms. The molecule has 1 aromatic heterocycles. The van der Waals surface area contributed by atoms with Gasteiger partial charge < -0.3 is 23.7 Å². The molecule has 9 nitrogen and oxygen atoms in total. The van der Waals surface area contributed by atoms with Crippen LogP contribution >= 0.6 is 11.3 Å². The van der Waals surface area contributed by atoms with E-state index in [9.17, 15) is 9.59 Å². The molecule has 0 fully saturated rings. The maximum Gasteiger partial charge on any atom is 0.338 e. The molecule has 1 unspecified atom stereocenters. The van der Waals surface area contributed by atoms with E-state index in [1.165, 1.54) is 11.3 Å². The number of carbonyl (C=O) groups excluding carboxylic acids is 1. The van der Waals surface area contributed by atoms with Gasteiger partial charge in [0.25, 0.3) is 5.56 Å². The van der Waals surface area contributed by atoms with Crippen molar-refractivity contribution in [2.24, 2.45) is 4.99 Å². The predicted molar refractivity (Wildman–Crippen MR) is 162 cm³/mol. The van der Waals surface area contributed by atoms with E-state index in [-0.39, 0.29) is 24.5 Å². The Kier molecular flexibility index (Phi) is 8.02. The number of nitrogens with zero attached hydrogens (tertiary/aromatic N) is 2. The van der Waals surface area contributed by atoms with Crippen molar-refractivity contribution >= 4 is 29.1 Å². The highest BCUT2D eigenvalue weighted by Crippen LogP contribution is 2.42. The molecule has 0 saturated carbocycles. The van der Waals surface area contributed by atoms with E-state index in [1.54, 1.807) is 30.7 Å². The zero-order valence-electron chi connectivity index (χ0n) is 24.0. The molecule has 3 heterocycles. The van der Waals surface area contributed by atoms with Crippen LogP contribution in [0.3, 0.4) is 0 Å². The van der Waals surface area contributed by atoms with Gasteiger partial charge in [0.15, 0.2) is 27.8 Å². The minimum Gasteiger partial charge on any atom is -0.493 e. The lowest BCUT2D eigenvalue weighted by molar-refractivity contribution is -0.138. The van der Waals surface area contributed by atoms with E-state index in [1.807, 2.05) is 67.6 Å². The van der Waals surface area contributed by atoms with Gasteiger partial charge in [-0.2, -0.15) is 0 Å². The zero-order chi connectivity index (χ0) is 29.9. The fraction of sp³-hybridized carbons (Fsp3) is 0.242. The number of benzene rings is 3. The molecule has 43 heavy (non-hydrogen) atoms. The fourth-order valence-electron chi connectivity index (χ4n) is 5.16. The lowest BCUT2D eigenvalue weighted by Gasteiger charge is -2.27. The van der Waals surface area contributed by atoms with Crippen molar-refractivity contribution < 1.29 is 28.5 Å². The van der Waals surface area contributed by atoms with Gasteiger partial charge in [0.05, 0.1) is 36.1 Å². The minimum atomic E-state index is -0.897. The van der Waals surface area contributed by atoms with Crippen LogP contribution in [0.1, 0.15) is 43.0 Å². The van der Waals surface area contributed by atoms with Crippen LogP contribution in [0.4, 0.5) is 0 Å². The van der Waals surface area contributed by atoms with Crippen molar-refractivity contribution in [3.8, 4) is 23.0 Å². The number of para-hydroxylation sites is 1. The van der Waals surface area contributed by atoms with E-state index in [4.69, 9.17) is 28.7 Å². The van der Waals surface area contributed by atoms with Crippen LogP contribution in [0.25, 0.3) is 11.8 Å². The minimum absolute atomic E-state index is 0.156. The average molecular weight is 599 g/mol. The van der Waals surface area contributed by atoms with Gasteiger partial charge in [-0.1, -0.05) is 66.8 Å². The summed E-state index contributed by atoms with van der Waals surface area (Å²) >= 11 is 1.25. The number of aromatic nitrogens is 1. The molecule has 2 aliphatic rings. The van der Waals surface area contributed by atoms with Gasteiger partial charge in [0.2, 0.25) is 6.79 Å². The summed E-state index contributed by atoms with van der Waals surface area (Å²) in [5.74, 6) is 1.66. The average Bonchev–Trinajstić information content (AvgIpc) is 3.63. The van der Waals surface area contributed by atoms with Crippen LogP contribution < -0.4 is 33.8 Å². The highest BCUT2D eigenvalue weighted by molar-refractivity contribution is 7.07. The SMILES string of the molecule is CCCOc1c(OC)cccc1C1C(C(=O)OCC)=C(c2ccccc2)N=c2s/c(=C\c3ccc4c(c3)OCO4)c(=O)n21. The van der Waals surface area contributed by atoms with E-state index in [0.717, 1.165) is 17.5 Å². The molecular formula is C33H30N2O7S. The molecule has 0 aliphatic carbocycles. The smallest absolute Gasteiger partial charge is 0.338 e. The lowest BCUT2D eigenvalue weighted by atomic mass is 9.92. The number of hydrogen-bond acceptors (Lipinski definition) is 9. The maximum atomic E-state index is 14.3. The molecular weight excluding hydrogens is 568 g/mol. The molecule has 0 spiro atoms. The first-order chi connectivity index (χ1) is 21.0. The van der Waals surface area contributed by atoms with Crippen LogP contribution in [0.5, 0.6) is 23.0 Å². The van der Waals surface area contributed by atoms with Crippen LogP contribution in [0.2, 0.25) is 0 Å².